The highest BCUT2D eigenvalue weighted by atomic mass is 19.3. The van der Waals surface area contributed by atoms with E-state index in [1.54, 1.807) is 0 Å². The number of rotatable bonds is 7. The molecule has 5 heteroatoms. The number of alkyl halides is 2. The van der Waals surface area contributed by atoms with E-state index < -0.39 is 12.3 Å². The lowest BCUT2D eigenvalue weighted by atomic mass is 10.1. The van der Waals surface area contributed by atoms with Gasteiger partial charge in [-0.05, 0) is 12.3 Å². The van der Waals surface area contributed by atoms with Crippen molar-refractivity contribution in [3.63, 3.8) is 0 Å². The van der Waals surface area contributed by atoms with Crippen molar-refractivity contribution in [2.75, 3.05) is 19.8 Å². The van der Waals surface area contributed by atoms with E-state index in [0.717, 1.165) is 6.42 Å². The Labute approximate surface area is 82.8 Å². The highest BCUT2D eigenvalue weighted by molar-refractivity contribution is 5.78. The quantitative estimate of drug-likeness (QED) is 0.644. The minimum Gasteiger partial charge on any atom is -0.380 e. The van der Waals surface area contributed by atoms with Gasteiger partial charge in [0.25, 0.3) is 5.91 Å². The molecule has 1 N–H and O–H groups in total. The predicted octanol–water partition coefficient (Wildman–Crippen LogP) is 1.43. The number of hydrogen-bond donors (Lipinski definition) is 1. The van der Waals surface area contributed by atoms with Gasteiger partial charge >= 0.3 is 6.43 Å². The van der Waals surface area contributed by atoms with Crippen molar-refractivity contribution in [1.29, 1.82) is 0 Å². The van der Waals surface area contributed by atoms with Crippen molar-refractivity contribution in [1.82, 2.24) is 5.32 Å². The third-order valence-electron chi connectivity index (χ3n) is 1.58. The molecule has 0 aromatic heterocycles. The summed E-state index contributed by atoms with van der Waals surface area (Å²) in [6, 6.07) is 0. The van der Waals surface area contributed by atoms with Crippen LogP contribution in [0.3, 0.4) is 0 Å². The van der Waals surface area contributed by atoms with E-state index in [2.05, 4.69) is 19.2 Å². The summed E-state index contributed by atoms with van der Waals surface area (Å²) in [6.45, 7) is 5.17. The summed E-state index contributed by atoms with van der Waals surface area (Å²) in [5, 5.41) is 2.06. The second-order valence-corrected chi connectivity index (χ2v) is 3.39. The molecule has 0 radical (unpaired) electrons. The second-order valence-electron chi connectivity index (χ2n) is 3.39. The average Bonchev–Trinajstić information content (AvgIpc) is 2.09. The maximum Gasteiger partial charge on any atom is 0.315 e. The summed E-state index contributed by atoms with van der Waals surface area (Å²) >= 11 is 0. The standard InChI is InChI=1S/C9H17F2NO2/c1-7(2)3-5-14-6-4-12-9(13)8(10)11/h7-8H,3-6H2,1-2H3,(H,12,13). The van der Waals surface area contributed by atoms with Gasteiger partial charge < -0.3 is 10.1 Å². The number of nitrogens with one attached hydrogen (secondary N) is 1. The van der Waals surface area contributed by atoms with Crippen molar-refractivity contribution >= 4 is 5.91 Å². The van der Waals surface area contributed by atoms with E-state index in [9.17, 15) is 13.6 Å². The van der Waals surface area contributed by atoms with Gasteiger partial charge in [0.15, 0.2) is 0 Å². The summed E-state index contributed by atoms with van der Waals surface area (Å²) < 4.78 is 28.4. The molecular formula is C9H17F2NO2. The zero-order valence-electron chi connectivity index (χ0n) is 8.56. The van der Waals surface area contributed by atoms with Gasteiger partial charge in [-0.3, -0.25) is 4.79 Å². The number of ether oxygens (including phenoxy) is 1. The first-order chi connectivity index (χ1) is 6.54. The number of hydrogen-bond acceptors (Lipinski definition) is 2. The highest BCUT2D eigenvalue weighted by Crippen LogP contribution is 1.98. The van der Waals surface area contributed by atoms with Crippen molar-refractivity contribution in [3.8, 4) is 0 Å². The molecule has 0 aromatic carbocycles. The van der Waals surface area contributed by atoms with Crippen LogP contribution in [0.5, 0.6) is 0 Å². The highest BCUT2D eigenvalue weighted by Gasteiger charge is 2.13. The average molecular weight is 209 g/mol. The van der Waals surface area contributed by atoms with Crippen LogP contribution in [0.2, 0.25) is 0 Å². The minimum absolute atomic E-state index is 0.140. The zero-order chi connectivity index (χ0) is 11.0. The fourth-order valence-electron chi connectivity index (χ4n) is 0.745. The lowest BCUT2D eigenvalue weighted by Crippen LogP contribution is -2.32. The molecule has 1 amide bonds. The van der Waals surface area contributed by atoms with E-state index in [4.69, 9.17) is 4.74 Å². The molecule has 84 valence electrons. The molecule has 0 aliphatic carbocycles. The Balaban J connectivity index is 3.18. The monoisotopic (exact) mass is 209 g/mol. The van der Waals surface area contributed by atoms with E-state index in [1.807, 2.05) is 0 Å². The molecule has 0 aromatic rings. The minimum atomic E-state index is -2.94. The van der Waals surface area contributed by atoms with Crippen molar-refractivity contribution in [2.24, 2.45) is 5.92 Å². The van der Waals surface area contributed by atoms with E-state index in [-0.39, 0.29) is 13.2 Å². The number of amides is 1. The second kappa shape index (κ2) is 7.67. The number of carbonyl (C=O) groups excluding carboxylic acids is 1. The normalized spacial score (nSPS) is 11.0. The molecule has 14 heavy (non-hydrogen) atoms. The van der Waals surface area contributed by atoms with Gasteiger partial charge in [-0.2, -0.15) is 8.78 Å². The molecule has 0 bridgehead atoms. The van der Waals surface area contributed by atoms with Gasteiger partial charge in [-0.25, -0.2) is 0 Å². The lowest BCUT2D eigenvalue weighted by molar-refractivity contribution is -0.131. The molecule has 0 unspecified atom stereocenters. The fraction of sp³-hybridized carbons (Fsp3) is 0.889. The van der Waals surface area contributed by atoms with E-state index >= 15 is 0 Å². The fourth-order valence-corrected chi connectivity index (χ4v) is 0.745. The number of halogens is 2. The predicted molar refractivity (Wildman–Crippen MR) is 49.3 cm³/mol. The Morgan fingerprint density at radius 2 is 2.00 bits per heavy atom. The summed E-state index contributed by atoms with van der Waals surface area (Å²) in [7, 11) is 0. The molecule has 0 saturated heterocycles. The summed E-state index contributed by atoms with van der Waals surface area (Å²) in [5.41, 5.74) is 0. The van der Waals surface area contributed by atoms with Crippen LogP contribution in [0.1, 0.15) is 20.3 Å². The van der Waals surface area contributed by atoms with Crippen LogP contribution >= 0.6 is 0 Å². The first kappa shape index (κ1) is 13.3. The van der Waals surface area contributed by atoms with Gasteiger partial charge in [-0.1, -0.05) is 13.8 Å². The van der Waals surface area contributed by atoms with Crippen molar-refractivity contribution in [3.05, 3.63) is 0 Å². The lowest BCUT2D eigenvalue weighted by Gasteiger charge is -2.07. The van der Waals surface area contributed by atoms with Crippen LogP contribution in [0, 0.1) is 5.92 Å². The maximum absolute atomic E-state index is 11.7. The Kier molecular flexibility index (Phi) is 7.28. The van der Waals surface area contributed by atoms with Gasteiger partial charge in [0.1, 0.15) is 0 Å². The third kappa shape index (κ3) is 7.91. The molecule has 0 fully saturated rings. The molecule has 0 aliphatic heterocycles. The molecule has 0 aliphatic rings. The Hall–Kier alpha value is -0.710. The van der Waals surface area contributed by atoms with Crippen LogP contribution in [-0.2, 0) is 9.53 Å². The smallest absolute Gasteiger partial charge is 0.315 e. The maximum atomic E-state index is 11.7. The molecule has 3 nitrogen and oxygen atoms in total. The molecular weight excluding hydrogens is 192 g/mol. The van der Waals surface area contributed by atoms with E-state index in [1.165, 1.54) is 0 Å². The van der Waals surface area contributed by atoms with Crippen LogP contribution in [0.4, 0.5) is 8.78 Å². The Morgan fingerprint density at radius 3 is 2.50 bits per heavy atom. The SMILES string of the molecule is CC(C)CCOCCNC(=O)C(F)F. The molecule has 0 heterocycles. The topological polar surface area (TPSA) is 38.3 Å². The summed E-state index contributed by atoms with van der Waals surface area (Å²) in [6.07, 6.45) is -2.01. The van der Waals surface area contributed by atoms with Gasteiger partial charge in [0.05, 0.1) is 6.61 Å². The molecule has 0 spiro atoms. The number of carbonyl (C=O) groups is 1. The van der Waals surface area contributed by atoms with Crippen LogP contribution < -0.4 is 5.32 Å². The zero-order valence-corrected chi connectivity index (χ0v) is 8.56. The Bertz CT molecular complexity index is 163. The van der Waals surface area contributed by atoms with Crippen LogP contribution in [-0.4, -0.2) is 32.1 Å². The molecule has 0 atom stereocenters. The van der Waals surface area contributed by atoms with Crippen LogP contribution in [0.25, 0.3) is 0 Å². The summed E-state index contributed by atoms with van der Waals surface area (Å²) in [4.78, 5) is 10.4. The summed E-state index contributed by atoms with van der Waals surface area (Å²) in [5.74, 6) is -0.678. The molecule has 0 saturated carbocycles. The largest absolute Gasteiger partial charge is 0.380 e. The van der Waals surface area contributed by atoms with Gasteiger partial charge in [0.2, 0.25) is 0 Å². The van der Waals surface area contributed by atoms with Gasteiger partial charge in [0, 0.05) is 13.2 Å². The Morgan fingerprint density at radius 1 is 1.36 bits per heavy atom. The first-order valence-corrected chi connectivity index (χ1v) is 4.67. The first-order valence-electron chi connectivity index (χ1n) is 4.67. The molecule has 0 rings (SSSR count). The van der Waals surface area contributed by atoms with Gasteiger partial charge in [-0.15, -0.1) is 0 Å². The van der Waals surface area contributed by atoms with Crippen molar-refractivity contribution in [2.45, 2.75) is 26.7 Å². The van der Waals surface area contributed by atoms with Crippen molar-refractivity contribution < 1.29 is 18.3 Å². The van der Waals surface area contributed by atoms with Crippen LogP contribution in [0.15, 0.2) is 0 Å². The third-order valence-corrected chi connectivity index (χ3v) is 1.58. The van der Waals surface area contributed by atoms with E-state index in [0.29, 0.717) is 12.5 Å².